The van der Waals surface area contributed by atoms with Crippen LogP contribution in [0.25, 0.3) is 0 Å². The first-order valence-electron chi connectivity index (χ1n) is 8.54. The molecule has 0 unspecified atom stereocenters. The van der Waals surface area contributed by atoms with Gasteiger partial charge in [-0.2, -0.15) is 0 Å². The number of hydrogen-bond acceptors (Lipinski definition) is 5. The minimum atomic E-state index is -3.72. The van der Waals surface area contributed by atoms with Crippen molar-refractivity contribution in [1.82, 2.24) is 0 Å². The van der Waals surface area contributed by atoms with Crippen LogP contribution in [0.3, 0.4) is 0 Å². The van der Waals surface area contributed by atoms with E-state index in [-0.39, 0.29) is 0 Å². The van der Waals surface area contributed by atoms with E-state index in [4.69, 9.17) is 9.47 Å². The van der Waals surface area contributed by atoms with E-state index in [9.17, 15) is 13.2 Å². The van der Waals surface area contributed by atoms with Crippen LogP contribution in [0.15, 0.2) is 61.2 Å². The van der Waals surface area contributed by atoms with Gasteiger partial charge in [0.1, 0.15) is 24.1 Å². The molecule has 0 radical (unpaired) electrons. The summed E-state index contributed by atoms with van der Waals surface area (Å²) in [4.78, 5) is 12.7. The SMILES string of the molecule is C=CCOc1cccc(NC(=O)[C@H](C)N(c2cccc(OC)c2)S(C)(=O)=O)c1. The van der Waals surface area contributed by atoms with Crippen LogP contribution < -0.4 is 19.1 Å². The Bertz CT molecular complexity index is 943. The second-order valence-corrected chi connectivity index (χ2v) is 7.91. The number of carbonyl (C=O) groups is 1. The second-order valence-electron chi connectivity index (χ2n) is 6.05. The highest BCUT2D eigenvalue weighted by molar-refractivity contribution is 7.92. The summed E-state index contributed by atoms with van der Waals surface area (Å²) in [6, 6.07) is 12.4. The normalized spacial score (nSPS) is 12.0. The van der Waals surface area contributed by atoms with Gasteiger partial charge in [0.15, 0.2) is 0 Å². The Morgan fingerprint density at radius 1 is 1.21 bits per heavy atom. The molecular formula is C20H24N2O5S. The third kappa shape index (κ3) is 5.50. The largest absolute Gasteiger partial charge is 0.497 e. The first-order chi connectivity index (χ1) is 13.3. The average Bonchev–Trinajstić information content (AvgIpc) is 2.65. The molecule has 0 saturated heterocycles. The number of methoxy groups -OCH3 is 1. The van der Waals surface area contributed by atoms with Crippen molar-refractivity contribution in [2.24, 2.45) is 0 Å². The Morgan fingerprint density at radius 3 is 2.54 bits per heavy atom. The van der Waals surface area contributed by atoms with Crippen LogP contribution in [0.1, 0.15) is 6.92 Å². The zero-order valence-electron chi connectivity index (χ0n) is 16.1. The summed E-state index contributed by atoms with van der Waals surface area (Å²) in [5, 5.41) is 2.73. The van der Waals surface area contributed by atoms with Gasteiger partial charge in [0.05, 0.1) is 19.1 Å². The van der Waals surface area contributed by atoms with Crippen molar-refractivity contribution in [3.05, 3.63) is 61.2 Å². The molecular weight excluding hydrogens is 380 g/mol. The van der Waals surface area contributed by atoms with Gasteiger partial charge in [-0.25, -0.2) is 8.42 Å². The lowest BCUT2D eigenvalue weighted by molar-refractivity contribution is -0.116. The number of sulfonamides is 1. The average molecular weight is 404 g/mol. The zero-order chi connectivity index (χ0) is 20.7. The number of ether oxygens (including phenoxy) is 2. The maximum Gasteiger partial charge on any atom is 0.247 e. The van der Waals surface area contributed by atoms with E-state index in [0.717, 1.165) is 10.6 Å². The number of carbonyl (C=O) groups excluding carboxylic acids is 1. The molecule has 0 aromatic heterocycles. The Hall–Kier alpha value is -3.00. The molecule has 0 aliphatic heterocycles. The molecule has 0 aliphatic rings. The molecule has 2 aromatic rings. The standard InChI is InChI=1S/C20H24N2O5S/c1-5-12-27-19-11-6-8-16(13-19)21-20(23)15(2)22(28(4,24)25)17-9-7-10-18(14-17)26-3/h5-11,13-15H,1,12H2,2-4H3,(H,21,23)/t15-/m0/s1. The van der Waals surface area contributed by atoms with E-state index in [2.05, 4.69) is 11.9 Å². The minimum absolute atomic E-state index is 0.339. The third-order valence-electron chi connectivity index (χ3n) is 3.87. The molecule has 0 spiro atoms. The molecule has 0 saturated carbocycles. The van der Waals surface area contributed by atoms with E-state index in [1.807, 2.05) is 0 Å². The molecule has 1 amide bonds. The fourth-order valence-corrected chi connectivity index (χ4v) is 3.79. The minimum Gasteiger partial charge on any atom is -0.497 e. The van der Waals surface area contributed by atoms with E-state index in [1.54, 1.807) is 54.6 Å². The first-order valence-corrected chi connectivity index (χ1v) is 10.4. The van der Waals surface area contributed by atoms with Crippen LogP contribution in [0.2, 0.25) is 0 Å². The summed E-state index contributed by atoms with van der Waals surface area (Å²) in [5.74, 6) is 0.582. The Kier molecular flexibility index (Phi) is 7.06. The van der Waals surface area contributed by atoms with Crippen LogP contribution in [-0.2, 0) is 14.8 Å². The van der Waals surface area contributed by atoms with Crippen LogP contribution in [-0.4, -0.2) is 40.3 Å². The molecule has 2 aromatic carbocycles. The quantitative estimate of drug-likeness (QED) is 0.650. The Labute approximate surface area is 165 Å². The molecule has 0 aliphatic carbocycles. The van der Waals surface area contributed by atoms with Crippen molar-refractivity contribution in [3.8, 4) is 11.5 Å². The smallest absolute Gasteiger partial charge is 0.247 e. The second kappa shape index (κ2) is 9.27. The maximum atomic E-state index is 12.7. The van der Waals surface area contributed by atoms with Crippen LogP contribution in [0.4, 0.5) is 11.4 Å². The highest BCUT2D eigenvalue weighted by Crippen LogP contribution is 2.26. The van der Waals surface area contributed by atoms with E-state index in [1.165, 1.54) is 14.0 Å². The molecule has 1 atom stereocenters. The number of anilines is 2. The summed E-state index contributed by atoms with van der Waals surface area (Å²) < 4.78 is 36.4. The molecule has 1 N–H and O–H groups in total. The highest BCUT2D eigenvalue weighted by Gasteiger charge is 2.29. The fraction of sp³-hybridized carbons (Fsp3) is 0.250. The van der Waals surface area contributed by atoms with Gasteiger partial charge < -0.3 is 14.8 Å². The monoisotopic (exact) mass is 404 g/mol. The number of rotatable bonds is 9. The van der Waals surface area contributed by atoms with Gasteiger partial charge >= 0.3 is 0 Å². The van der Waals surface area contributed by atoms with Crippen molar-refractivity contribution in [3.63, 3.8) is 0 Å². The van der Waals surface area contributed by atoms with Gasteiger partial charge in [0.25, 0.3) is 0 Å². The topological polar surface area (TPSA) is 84.9 Å². The summed E-state index contributed by atoms with van der Waals surface area (Å²) >= 11 is 0. The lowest BCUT2D eigenvalue weighted by Crippen LogP contribution is -2.45. The van der Waals surface area contributed by atoms with Crippen LogP contribution >= 0.6 is 0 Å². The number of benzene rings is 2. The Morgan fingerprint density at radius 2 is 1.89 bits per heavy atom. The van der Waals surface area contributed by atoms with Crippen molar-refractivity contribution in [1.29, 1.82) is 0 Å². The van der Waals surface area contributed by atoms with Gasteiger partial charge in [0.2, 0.25) is 15.9 Å². The number of amides is 1. The zero-order valence-corrected chi connectivity index (χ0v) is 16.9. The maximum absolute atomic E-state index is 12.7. The molecule has 28 heavy (non-hydrogen) atoms. The van der Waals surface area contributed by atoms with Crippen molar-refractivity contribution < 1.29 is 22.7 Å². The molecule has 2 rings (SSSR count). The third-order valence-corrected chi connectivity index (χ3v) is 5.11. The summed E-state index contributed by atoms with van der Waals surface area (Å²) in [7, 11) is -2.23. The number of nitrogens with one attached hydrogen (secondary N) is 1. The summed E-state index contributed by atoms with van der Waals surface area (Å²) in [5.41, 5.74) is 0.838. The molecule has 0 bridgehead atoms. The predicted octanol–water partition coefficient (Wildman–Crippen LogP) is 3.05. The molecule has 150 valence electrons. The molecule has 8 heteroatoms. The highest BCUT2D eigenvalue weighted by atomic mass is 32.2. The van der Waals surface area contributed by atoms with E-state index < -0.39 is 22.0 Å². The van der Waals surface area contributed by atoms with Gasteiger partial charge in [-0.1, -0.05) is 24.8 Å². The van der Waals surface area contributed by atoms with E-state index >= 15 is 0 Å². The number of hydrogen-bond donors (Lipinski definition) is 1. The van der Waals surface area contributed by atoms with Gasteiger partial charge in [-0.3, -0.25) is 9.10 Å². The predicted molar refractivity (Wildman–Crippen MR) is 111 cm³/mol. The lowest BCUT2D eigenvalue weighted by Gasteiger charge is -2.28. The van der Waals surface area contributed by atoms with Crippen LogP contribution in [0, 0.1) is 0 Å². The fourth-order valence-electron chi connectivity index (χ4n) is 2.62. The van der Waals surface area contributed by atoms with Crippen molar-refractivity contribution in [2.75, 3.05) is 29.6 Å². The summed E-state index contributed by atoms with van der Waals surface area (Å²) in [6.07, 6.45) is 2.67. The lowest BCUT2D eigenvalue weighted by atomic mass is 10.2. The number of nitrogens with zero attached hydrogens (tertiary/aromatic N) is 1. The molecule has 7 nitrogen and oxygen atoms in total. The van der Waals surface area contributed by atoms with Gasteiger partial charge in [0, 0.05) is 17.8 Å². The Balaban J connectivity index is 2.26. The van der Waals surface area contributed by atoms with E-state index in [0.29, 0.717) is 29.5 Å². The van der Waals surface area contributed by atoms with Crippen molar-refractivity contribution >= 4 is 27.3 Å². The van der Waals surface area contributed by atoms with Gasteiger partial charge in [-0.05, 0) is 31.2 Å². The van der Waals surface area contributed by atoms with Crippen molar-refractivity contribution in [2.45, 2.75) is 13.0 Å². The van der Waals surface area contributed by atoms with Gasteiger partial charge in [-0.15, -0.1) is 0 Å². The molecule has 0 fully saturated rings. The first kappa shape index (κ1) is 21.3. The molecule has 0 heterocycles. The summed E-state index contributed by atoms with van der Waals surface area (Å²) in [6.45, 7) is 5.45. The van der Waals surface area contributed by atoms with Crippen LogP contribution in [0.5, 0.6) is 11.5 Å².